The van der Waals surface area contributed by atoms with E-state index in [-0.39, 0.29) is 5.75 Å². The summed E-state index contributed by atoms with van der Waals surface area (Å²) in [6.07, 6.45) is -4.08. The predicted molar refractivity (Wildman–Crippen MR) is 59.5 cm³/mol. The molecule has 0 aromatic heterocycles. The van der Waals surface area contributed by atoms with E-state index in [2.05, 4.69) is 4.74 Å². The lowest BCUT2D eigenvalue weighted by atomic mass is 9.97. The molecule has 1 aromatic carbocycles. The highest BCUT2D eigenvalue weighted by Crippen LogP contribution is 2.31. The Balaban J connectivity index is 2.91. The Kier molecular flexibility index (Phi) is 4.40. The average Bonchev–Trinajstić information content (AvgIpc) is 2.14. The summed E-state index contributed by atoms with van der Waals surface area (Å²) in [6.45, 7) is 3.93. The van der Waals surface area contributed by atoms with Gasteiger partial charge in [0.2, 0.25) is 0 Å². The maximum atomic E-state index is 12.2. The van der Waals surface area contributed by atoms with Gasteiger partial charge in [0.25, 0.3) is 0 Å². The Bertz CT molecular complexity index is 363. The van der Waals surface area contributed by atoms with Gasteiger partial charge in [-0.25, -0.2) is 0 Å². The third kappa shape index (κ3) is 4.65. The molecular formula is C12H16F3NO. The zero-order chi connectivity index (χ0) is 13.1. The fourth-order valence-electron chi connectivity index (χ4n) is 1.64. The highest BCUT2D eigenvalue weighted by Gasteiger charge is 2.32. The molecule has 0 aliphatic heterocycles. The van der Waals surface area contributed by atoms with Gasteiger partial charge in [-0.1, -0.05) is 32.0 Å². The molecule has 0 heterocycles. The summed E-state index contributed by atoms with van der Waals surface area (Å²) in [6, 6.07) is 5.54. The lowest BCUT2D eigenvalue weighted by molar-refractivity contribution is -0.275. The van der Waals surface area contributed by atoms with Gasteiger partial charge in [0.15, 0.2) is 0 Å². The number of hydrogen-bond donors (Lipinski definition) is 1. The Morgan fingerprint density at radius 3 is 2.35 bits per heavy atom. The standard InChI is InChI=1S/C12H16F3NO/c1-8(2)7-10(16)9-5-3-4-6-11(9)17-12(13,14)15/h3-6,8,10H,7,16H2,1-2H3/t10-/m0/s1. The molecule has 0 amide bonds. The summed E-state index contributed by atoms with van der Waals surface area (Å²) in [4.78, 5) is 0. The van der Waals surface area contributed by atoms with Crippen LogP contribution in [0.4, 0.5) is 13.2 Å². The third-order valence-electron chi connectivity index (χ3n) is 2.27. The fraction of sp³-hybridized carbons (Fsp3) is 0.500. The second kappa shape index (κ2) is 5.40. The van der Waals surface area contributed by atoms with Crippen molar-refractivity contribution in [3.05, 3.63) is 29.8 Å². The molecule has 0 fully saturated rings. The Morgan fingerprint density at radius 2 is 1.82 bits per heavy atom. The molecule has 0 radical (unpaired) electrons. The van der Waals surface area contributed by atoms with Crippen molar-refractivity contribution in [1.82, 2.24) is 0 Å². The van der Waals surface area contributed by atoms with Gasteiger partial charge in [-0.05, 0) is 18.4 Å². The lowest BCUT2D eigenvalue weighted by Gasteiger charge is -2.19. The SMILES string of the molecule is CC(C)C[C@H](N)c1ccccc1OC(F)(F)F. The van der Waals surface area contributed by atoms with E-state index < -0.39 is 12.4 Å². The molecule has 0 spiro atoms. The molecule has 2 nitrogen and oxygen atoms in total. The van der Waals surface area contributed by atoms with Crippen LogP contribution in [0.15, 0.2) is 24.3 Å². The van der Waals surface area contributed by atoms with Gasteiger partial charge in [0, 0.05) is 11.6 Å². The van der Waals surface area contributed by atoms with Crippen LogP contribution in [0, 0.1) is 5.92 Å². The van der Waals surface area contributed by atoms with Crippen LogP contribution < -0.4 is 10.5 Å². The van der Waals surface area contributed by atoms with Gasteiger partial charge in [0.1, 0.15) is 5.75 Å². The fourth-order valence-corrected chi connectivity index (χ4v) is 1.64. The van der Waals surface area contributed by atoms with Crippen molar-refractivity contribution < 1.29 is 17.9 Å². The molecule has 0 saturated heterocycles. The minimum atomic E-state index is -4.69. The summed E-state index contributed by atoms with van der Waals surface area (Å²) in [5.74, 6) is 0.0945. The van der Waals surface area contributed by atoms with Crippen LogP contribution in [0.25, 0.3) is 0 Å². The average molecular weight is 247 g/mol. The Hall–Kier alpha value is -1.23. The van der Waals surface area contributed by atoms with E-state index >= 15 is 0 Å². The first kappa shape index (κ1) is 13.8. The molecule has 0 unspecified atom stereocenters. The molecule has 0 aliphatic carbocycles. The van der Waals surface area contributed by atoms with Crippen molar-refractivity contribution in [3.63, 3.8) is 0 Å². The van der Waals surface area contributed by atoms with Gasteiger partial charge in [-0.2, -0.15) is 0 Å². The van der Waals surface area contributed by atoms with Crippen molar-refractivity contribution in [3.8, 4) is 5.75 Å². The number of rotatable bonds is 4. The monoisotopic (exact) mass is 247 g/mol. The first-order valence-electron chi connectivity index (χ1n) is 5.40. The molecule has 1 aromatic rings. The van der Waals surface area contributed by atoms with Crippen molar-refractivity contribution in [2.24, 2.45) is 11.7 Å². The van der Waals surface area contributed by atoms with E-state index in [4.69, 9.17) is 5.73 Å². The zero-order valence-electron chi connectivity index (χ0n) is 9.79. The summed E-state index contributed by atoms with van der Waals surface area (Å²) < 4.78 is 40.5. The molecule has 5 heteroatoms. The van der Waals surface area contributed by atoms with Gasteiger partial charge in [-0.3, -0.25) is 0 Å². The summed E-state index contributed by atoms with van der Waals surface area (Å²) in [5.41, 5.74) is 6.26. The summed E-state index contributed by atoms with van der Waals surface area (Å²) in [5, 5.41) is 0. The second-order valence-electron chi connectivity index (χ2n) is 4.32. The molecule has 0 saturated carbocycles. The van der Waals surface area contributed by atoms with Crippen LogP contribution >= 0.6 is 0 Å². The number of hydrogen-bond acceptors (Lipinski definition) is 2. The maximum Gasteiger partial charge on any atom is 0.573 e. The third-order valence-corrected chi connectivity index (χ3v) is 2.27. The second-order valence-corrected chi connectivity index (χ2v) is 4.32. The summed E-state index contributed by atoms with van der Waals surface area (Å²) in [7, 11) is 0. The van der Waals surface area contributed by atoms with Crippen molar-refractivity contribution in [2.45, 2.75) is 32.7 Å². The smallest absolute Gasteiger partial charge is 0.405 e. The normalized spacial score (nSPS) is 13.8. The van der Waals surface area contributed by atoms with Gasteiger partial charge >= 0.3 is 6.36 Å². The van der Waals surface area contributed by atoms with E-state index in [0.717, 1.165) is 0 Å². The lowest BCUT2D eigenvalue weighted by Crippen LogP contribution is -2.20. The molecule has 17 heavy (non-hydrogen) atoms. The van der Waals surface area contributed by atoms with Crippen LogP contribution in [0.1, 0.15) is 31.9 Å². The number of para-hydroxylation sites is 1. The number of nitrogens with two attached hydrogens (primary N) is 1. The Labute approximate surface area is 98.6 Å². The van der Waals surface area contributed by atoms with E-state index in [1.54, 1.807) is 12.1 Å². The number of alkyl halides is 3. The molecule has 96 valence electrons. The molecule has 2 N–H and O–H groups in total. The first-order valence-corrected chi connectivity index (χ1v) is 5.40. The Morgan fingerprint density at radius 1 is 1.24 bits per heavy atom. The minimum absolute atomic E-state index is 0.215. The molecular weight excluding hydrogens is 231 g/mol. The van der Waals surface area contributed by atoms with Gasteiger partial charge < -0.3 is 10.5 Å². The largest absolute Gasteiger partial charge is 0.573 e. The van der Waals surface area contributed by atoms with E-state index in [1.807, 2.05) is 13.8 Å². The van der Waals surface area contributed by atoms with Crippen LogP contribution in [-0.4, -0.2) is 6.36 Å². The van der Waals surface area contributed by atoms with Crippen LogP contribution in [0.5, 0.6) is 5.75 Å². The van der Waals surface area contributed by atoms with Crippen LogP contribution in [0.3, 0.4) is 0 Å². The number of benzene rings is 1. The minimum Gasteiger partial charge on any atom is -0.405 e. The van der Waals surface area contributed by atoms with Crippen molar-refractivity contribution in [2.75, 3.05) is 0 Å². The quantitative estimate of drug-likeness (QED) is 0.881. The number of ether oxygens (including phenoxy) is 1. The first-order chi connectivity index (χ1) is 7.79. The zero-order valence-corrected chi connectivity index (χ0v) is 9.79. The maximum absolute atomic E-state index is 12.2. The molecule has 0 bridgehead atoms. The van der Waals surface area contributed by atoms with Crippen LogP contribution in [-0.2, 0) is 0 Å². The van der Waals surface area contributed by atoms with Crippen molar-refractivity contribution >= 4 is 0 Å². The highest BCUT2D eigenvalue weighted by atomic mass is 19.4. The molecule has 1 atom stereocenters. The molecule has 1 rings (SSSR count). The van der Waals surface area contributed by atoms with E-state index in [9.17, 15) is 13.2 Å². The van der Waals surface area contributed by atoms with Gasteiger partial charge in [-0.15, -0.1) is 13.2 Å². The summed E-state index contributed by atoms with van der Waals surface area (Å²) >= 11 is 0. The predicted octanol–water partition coefficient (Wildman–Crippen LogP) is 3.63. The van der Waals surface area contributed by atoms with E-state index in [1.165, 1.54) is 12.1 Å². The van der Waals surface area contributed by atoms with Gasteiger partial charge in [0.05, 0.1) is 0 Å². The number of halogens is 3. The van der Waals surface area contributed by atoms with E-state index in [0.29, 0.717) is 17.9 Å². The topological polar surface area (TPSA) is 35.2 Å². The molecule has 0 aliphatic rings. The van der Waals surface area contributed by atoms with Crippen LogP contribution in [0.2, 0.25) is 0 Å². The van der Waals surface area contributed by atoms with Crippen molar-refractivity contribution in [1.29, 1.82) is 0 Å². The highest BCUT2D eigenvalue weighted by molar-refractivity contribution is 5.35.